The quantitative estimate of drug-likeness (QED) is 0.754. The van der Waals surface area contributed by atoms with Gasteiger partial charge < -0.3 is 11.5 Å². The van der Waals surface area contributed by atoms with Crippen LogP contribution in [0.25, 0.3) is 0 Å². The smallest absolute Gasteiger partial charge is 0.231 e. The van der Waals surface area contributed by atoms with E-state index in [1.54, 1.807) is 6.07 Å². The number of benzene rings is 1. The van der Waals surface area contributed by atoms with Gasteiger partial charge in [-0.1, -0.05) is 49.8 Å². The lowest BCUT2D eigenvalue weighted by molar-refractivity contribution is -0.119. The first-order chi connectivity index (χ1) is 9.29. The Morgan fingerprint density at radius 2 is 2.05 bits per heavy atom. The minimum absolute atomic E-state index is 0.214. The molecular formula is C14H20ClN3OS. The largest absolute Gasteiger partial charge is 0.389 e. The second-order valence-corrected chi connectivity index (χ2v) is 6.05. The molecule has 1 aromatic rings. The van der Waals surface area contributed by atoms with Gasteiger partial charge in [-0.2, -0.15) is 0 Å². The molecule has 0 spiro atoms. The van der Waals surface area contributed by atoms with Gasteiger partial charge in [0.2, 0.25) is 5.91 Å². The summed E-state index contributed by atoms with van der Waals surface area (Å²) in [5.74, 6) is 0.0885. The topological polar surface area (TPSA) is 72.3 Å². The summed E-state index contributed by atoms with van der Waals surface area (Å²) in [6, 6.07) is 5.46. The van der Waals surface area contributed by atoms with E-state index in [4.69, 9.17) is 35.3 Å². The molecule has 1 amide bonds. The lowest BCUT2D eigenvalue weighted by Gasteiger charge is -2.23. The maximum absolute atomic E-state index is 11.1. The van der Waals surface area contributed by atoms with Gasteiger partial charge in [-0.3, -0.25) is 9.69 Å². The fourth-order valence-electron chi connectivity index (χ4n) is 1.99. The fraction of sp³-hybridized carbons (Fsp3) is 0.429. The van der Waals surface area contributed by atoms with Crippen LogP contribution in [0.1, 0.15) is 25.0 Å². The number of amides is 1. The van der Waals surface area contributed by atoms with E-state index in [0.29, 0.717) is 22.5 Å². The summed E-state index contributed by atoms with van der Waals surface area (Å²) in [5, 5.41) is 0.591. The van der Waals surface area contributed by atoms with Crippen molar-refractivity contribution in [2.45, 2.75) is 20.4 Å². The van der Waals surface area contributed by atoms with Crippen LogP contribution in [0.4, 0.5) is 0 Å². The molecule has 0 fully saturated rings. The molecule has 0 atom stereocenters. The zero-order valence-electron chi connectivity index (χ0n) is 11.7. The van der Waals surface area contributed by atoms with Crippen LogP contribution >= 0.6 is 23.8 Å². The second kappa shape index (κ2) is 7.57. The van der Waals surface area contributed by atoms with Crippen molar-refractivity contribution in [1.82, 2.24) is 4.90 Å². The Morgan fingerprint density at radius 3 is 2.50 bits per heavy atom. The second-order valence-electron chi connectivity index (χ2n) is 5.20. The van der Waals surface area contributed by atoms with E-state index in [1.165, 1.54) is 0 Å². The van der Waals surface area contributed by atoms with Crippen LogP contribution in [-0.4, -0.2) is 28.9 Å². The highest BCUT2D eigenvalue weighted by Gasteiger charge is 2.13. The third-order valence-electron chi connectivity index (χ3n) is 2.73. The molecule has 0 aliphatic rings. The zero-order chi connectivity index (χ0) is 15.3. The average Bonchev–Trinajstić information content (AvgIpc) is 2.29. The van der Waals surface area contributed by atoms with Gasteiger partial charge in [0.05, 0.1) is 6.54 Å². The molecule has 0 unspecified atom stereocenters. The molecule has 20 heavy (non-hydrogen) atoms. The summed E-state index contributed by atoms with van der Waals surface area (Å²) in [6.45, 7) is 5.73. The number of carbonyl (C=O) groups excluding carboxylic acids is 1. The normalized spacial score (nSPS) is 11.1. The van der Waals surface area contributed by atoms with Crippen LogP contribution < -0.4 is 11.5 Å². The molecule has 110 valence electrons. The van der Waals surface area contributed by atoms with Crippen molar-refractivity contribution in [2.24, 2.45) is 17.4 Å². The van der Waals surface area contributed by atoms with Crippen LogP contribution in [-0.2, 0) is 11.3 Å². The molecule has 1 aromatic carbocycles. The standard InChI is InChI=1S/C14H20ClN3OS/c1-9(2)6-18(8-13(16)19)7-11-4-3-10(14(17)20)5-12(11)15/h3-5,9H,6-8H2,1-2H3,(H2,16,19)(H2,17,20). The third kappa shape index (κ3) is 5.45. The highest BCUT2D eigenvalue weighted by atomic mass is 35.5. The molecule has 4 N–H and O–H groups in total. The maximum atomic E-state index is 11.1. The average molecular weight is 314 g/mol. The molecular weight excluding hydrogens is 294 g/mol. The molecule has 4 nitrogen and oxygen atoms in total. The summed E-state index contributed by atoms with van der Waals surface area (Å²) in [4.78, 5) is 13.4. The molecule has 0 aliphatic heterocycles. The van der Waals surface area contributed by atoms with Crippen LogP contribution in [0.3, 0.4) is 0 Å². The van der Waals surface area contributed by atoms with Crippen LogP contribution in [0.15, 0.2) is 18.2 Å². The summed E-state index contributed by atoms with van der Waals surface area (Å²) < 4.78 is 0. The molecule has 6 heteroatoms. The van der Waals surface area contributed by atoms with Gasteiger partial charge in [0.25, 0.3) is 0 Å². The Balaban J connectivity index is 2.87. The summed E-state index contributed by atoms with van der Waals surface area (Å²) >= 11 is 11.1. The van der Waals surface area contributed by atoms with Crippen molar-refractivity contribution >= 4 is 34.7 Å². The van der Waals surface area contributed by atoms with Crippen molar-refractivity contribution in [3.05, 3.63) is 34.3 Å². The maximum Gasteiger partial charge on any atom is 0.231 e. The van der Waals surface area contributed by atoms with Gasteiger partial charge in [-0.15, -0.1) is 0 Å². The number of nitrogens with two attached hydrogens (primary N) is 2. The fourth-order valence-corrected chi connectivity index (χ4v) is 2.36. The van der Waals surface area contributed by atoms with Crippen molar-refractivity contribution < 1.29 is 4.79 Å². The first kappa shape index (κ1) is 16.9. The monoisotopic (exact) mass is 313 g/mol. The van der Waals surface area contributed by atoms with Crippen molar-refractivity contribution in [3.8, 4) is 0 Å². The Kier molecular flexibility index (Phi) is 6.39. The van der Waals surface area contributed by atoms with E-state index < -0.39 is 0 Å². The number of hydrogen-bond acceptors (Lipinski definition) is 3. The van der Waals surface area contributed by atoms with E-state index in [2.05, 4.69) is 13.8 Å². The summed E-state index contributed by atoms with van der Waals surface area (Å²) in [6.07, 6.45) is 0. The SMILES string of the molecule is CC(C)CN(CC(N)=O)Cc1ccc(C(N)=S)cc1Cl. The number of primary amides is 1. The van der Waals surface area contributed by atoms with E-state index in [9.17, 15) is 4.79 Å². The van der Waals surface area contributed by atoms with Crippen molar-refractivity contribution in [3.63, 3.8) is 0 Å². The number of rotatable bonds is 7. The zero-order valence-corrected chi connectivity index (χ0v) is 13.3. The number of carbonyl (C=O) groups is 1. The van der Waals surface area contributed by atoms with Gasteiger partial charge in [0.15, 0.2) is 0 Å². The van der Waals surface area contributed by atoms with E-state index in [0.717, 1.165) is 17.7 Å². The van der Waals surface area contributed by atoms with Gasteiger partial charge >= 0.3 is 0 Å². The molecule has 0 aliphatic carbocycles. The van der Waals surface area contributed by atoms with Gasteiger partial charge in [0.1, 0.15) is 4.99 Å². The highest BCUT2D eigenvalue weighted by molar-refractivity contribution is 7.80. The van der Waals surface area contributed by atoms with Crippen molar-refractivity contribution in [1.29, 1.82) is 0 Å². The number of thiocarbonyl (C=S) groups is 1. The Hall–Kier alpha value is -1.17. The Morgan fingerprint density at radius 1 is 1.40 bits per heavy atom. The molecule has 1 rings (SSSR count). The molecule has 0 radical (unpaired) electrons. The van der Waals surface area contributed by atoms with E-state index >= 15 is 0 Å². The molecule has 0 bridgehead atoms. The predicted octanol–water partition coefficient (Wildman–Crippen LogP) is 1.92. The third-order valence-corrected chi connectivity index (χ3v) is 3.32. The first-order valence-electron chi connectivity index (χ1n) is 6.38. The first-order valence-corrected chi connectivity index (χ1v) is 7.17. The number of halogens is 1. The minimum Gasteiger partial charge on any atom is -0.389 e. The van der Waals surface area contributed by atoms with Crippen LogP contribution in [0, 0.1) is 5.92 Å². The van der Waals surface area contributed by atoms with Gasteiger partial charge in [0, 0.05) is 23.7 Å². The Labute approximate surface area is 130 Å². The van der Waals surface area contributed by atoms with Gasteiger partial charge in [-0.25, -0.2) is 0 Å². The van der Waals surface area contributed by atoms with E-state index in [-0.39, 0.29) is 12.5 Å². The lowest BCUT2D eigenvalue weighted by atomic mass is 10.1. The number of nitrogens with zero attached hydrogens (tertiary/aromatic N) is 1. The molecule has 0 saturated carbocycles. The number of hydrogen-bond donors (Lipinski definition) is 2. The lowest BCUT2D eigenvalue weighted by Crippen LogP contribution is -2.35. The van der Waals surface area contributed by atoms with E-state index in [1.807, 2.05) is 17.0 Å². The Bertz CT molecular complexity index is 505. The summed E-state index contributed by atoms with van der Waals surface area (Å²) in [5.41, 5.74) is 12.5. The van der Waals surface area contributed by atoms with Gasteiger partial charge in [-0.05, 0) is 17.5 Å². The molecule has 0 aromatic heterocycles. The highest BCUT2D eigenvalue weighted by Crippen LogP contribution is 2.20. The molecule has 0 saturated heterocycles. The van der Waals surface area contributed by atoms with Crippen LogP contribution in [0.2, 0.25) is 5.02 Å². The van der Waals surface area contributed by atoms with Crippen molar-refractivity contribution in [2.75, 3.05) is 13.1 Å². The predicted molar refractivity (Wildman–Crippen MR) is 86.6 cm³/mol. The molecule has 0 heterocycles. The van der Waals surface area contributed by atoms with Crippen LogP contribution in [0.5, 0.6) is 0 Å². The minimum atomic E-state index is -0.346. The summed E-state index contributed by atoms with van der Waals surface area (Å²) in [7, 11) is 0.